The lowest BCUT2D eigenvalue weighted by atomic mass is 10.2. The number of hydrogen-bond donors (Lipinski definition) is 2. The Bertz CT molecular complexity index is 618. The number of carbonyl (C=O) groups is 1. The number of carbonyl (C=O) groups excluding carboxylic acids is 1. The molecule has 0 aromatic heterocycles. The Morgan fingerprint density at radius 2 is 1.86 bits per heavy atom. The topological polar surface area (TPSA) is 75.3 Å². The van der Waals surface area contributed by atoms with Gasteiger partial charge in [-0.3, -0.25) is 4.79 Å². The molecule has 0 aliphatic heterocycles. The van der Waals surface area contributed by atoms with Crippen molar-refractivity contribution in [1.82, 2.24) is 10.0 Å². The van der Waals surface area contributed by atoms with Crippen molar-refractivity contribution in [3.05, 3.63) is 28.2 Å². The minimum atomic E-state index is -3.92. The Balaban J connectivity index is 2.85. The van der Waals surface area contributed by atoms with E-state index >= 15 is 0 Å². The lowest BCUT2D eigenvalue weighted by Gasteiger charge is -2.16. The zero-order valence-electron chi connectivity index (χ0n) is 12.0. The van der Waals surface area contributed by atoms with Crippen LogP contribution in [0, 0.1) is 5.92 Å². The molecule has 0 saturated carbocycles. The highest BCUT2D eigenvalue weighted by molar-refractivity contribution is 7.89. The van der Waals surface area contributed by atoms with E-state index in [0.717, 1.165) is 0 Å². The molecule has 0 heterocycles. The highest BCUT2D eigenvalue weighted by Gasteiger charge is 2.24. The fourth-order valence-corrected chi connectivity index (χ4v) is 3.46. The zero-order valence-corrected chi connectivity index (χ0v) is 14.3. The third kappa shape index (κ3) is 5.47. The van der Waals surface area contributed by atoms with E-state index in [1.807, 2.05) is 13.8 Å². The third-order valence-electron chi connectivity index (χ3n) is 2.59. The predicted octanol–water partition coefficient (Wildman–Crippen LogP) is 2.43. The molecule has 1 amide bonds. The van der Waals surface area contributed by atoms with Gasteiger partial charge in [0.15, 0.2) is 0 Å². The van der Waals surface area contributed by atoms with Gasteiger partial charge >= 0.3 is 0 Å². The molecule has 0 aliphatic carbocycles. The van der Waals surface area contributed by atoms with E-state index in [2.05, 4.69) is 10.0 Å². The number of hydrogen-bond acceptors (Lipinski definition) is 3. The molecule has 2 N–H and O–H groups in total. The fourth-order valence-electron chi connectivity index (χ4n) is 1.49. The minimum absolute atomic E-state index is 0.0432. The van der Waals surface area contributed by atoms with Crippen LogP contribution in [-0.4, -0.2) is 26.9 Å². The molecular formula is C13H18Cl2N2O3S. The minimum Gasteiger partial charge on any atom is -0.354 e. The molecule has 1 aromatic rings. The molecule has 0 radical (unpaired) electrons. The van der Waals surface area contributed by atoms with Gasteiger partial charge in [0, 0.05) is 11.6 Å². The third-order valence-corrected chi connectivity index (χ3v) is 4.85. The van der Waals surface area contributed by atoms with Crippen molar-refractivity contribution in [3.8, 4) is 0 Å². The molecule has 0 bridgehead atoms. The van der Waals surface area contributed by atoms with Gasteiger partial charge in [-0.2, -0.15) is 4.72 Å². The maximum Gasteiger partial charge on any atom is 0.242 e. The standard InChI is InChI=1S/C13H18Cl2N2O3S/c1-8(2)7-16-13(18)9(3)17-21(19,20)12-6-10(14)4-5-11(12)15/h4-6,8-9,17H,7H2,1-3H3,(H,16,18)/t9-/m0/s1. The molecule has 0 fully saturated rings. The summed E-state index contributed by atoms with van der Waals surface area (Å²) in [5, 5.41) is 2.95. The molecule has 0 aliphatic rings. The highest BCUT2D eigenvalue weighted by Crippen LogP contribution is 2.24. The molecule has 118 valence electrons. The van der Waals surface area contributed by atoms with Gasteiger partial charge < -0.3 is 5.32 Å². The van der Waals surface area contributed by atoms with Crippen LogP contribution in [0.1, 0.15) is 20.8 Å². The number of sulfonamides is 1. The summed E-state index contributed by atoms with van der Waals surface area (Å²) in [4.78, 5) is 11.7. The van der Waals surface area contributed by atoms with Crippen LogP contribution in [-0.2, 0) is 14.8 Å². The first-order valence-electron chi connectivity index (χ1n) is 6.38. The summed E-state index contributed by atoms with van der Waals surface area (Å²) in [5.41, 5.74) is 0. The van der Waals surface area contributed by atoms with Crippen LogP contribution in [0.2, 0.25) is 10.0 Å². The second-order valence-corrected chi connectivity index (χ2v) is 7.58. The summed E-state index contributed by atoms with van der Waals surface area (Å²) >= 11 is 11.6. The van der Waals surface area contributed by atoms with Gasteiger partial charge in [-0.15, -0.1) is 0 Å². The SMILES string of the molecule is CC(C)CNC(=O)[C@H](C)NS(=O)(=O)c1cc(Cl)ccc1Cl. The van der Waals surface area contributed by atoms with Crippen LogP contribution >= 0.6 is 23.2 Å². The van der Waals surface area contributed by atoms with Crippen molar-refractivity contribution >= 4 is 39.1 Å². The molecule has 0 saturated heterocycles. The van der Waals surface area contributed by atoms with Crippen molar-refractivity contribution < 1.29 is 13.2 Å². The Labute approximate surface area is 135 Å². The van der Waals surface area contributed by atoms with Crippen molar-refractivity contribution in [3.63, 3.8) is 0 Å². The zero-order chi connectivity index (χ0) is 16.2. The van der Waals surface area contributed by atoms with Gasteiger partial charge in [0.1, 0.15) is 4.90 Å². The first-order chi connectivity index (χ1) is 9.63. The van der Waals surface area contributed by atoms with Gasteiger partial charge in [0.2, 0.25) is 15.9 Å². The molecule has 1 aromatic carbocycles. The Hall–Kier alpha value is -0.820. The molecule has 0 unspecified atom stereocenters. The van der Waals surface area contributed by atoms with Crippen molar-refractivity contribution in [2.75, 3.05) is 6.54 Å². The van der Waals surface area contributed by atoms with Gasteiger partial charge in [-0.25, -0.2) is 8.42 Å². The molecule has 1 rings (SSSR count). The van der Waals surface area contributed by atoms with Crippen LogP contribution < -0.4 is 10.0 Å². The quantitative estimate of drug-likeness (QED) is 0.825. The largest absolute Gasteiger partial charge is 0.354 e. The monoisotopic (exact) mass is 352 g/mol. The summed E-state index contributed by atoms with van der Waals surface area (Å²) in [5.74, 6) is -0.120. The van der Waals surface area contributed by atoms with Crippen LogP contribution in [0.4, 0.5) is 0 Å². The first kappa shape index (κ1) is 18.2. The van der Waals surface area contributed by atoms with E-state index in [0.29, 0.717) is 6.54 Å². The normalized spacial score (nSPS) is 13.2. The summed E-state index contributed by atoms with van der Waals surface area (Å²) in [6.45, 7) is 5.83. The summed E-state index contributed by atoms with van der Waals surface area (Å²) < 4.78 is 26.7. The average Bonchev–Trinajstić information content (AvgIpc) is 2.37. The molecule has 1 atom stereocenters. The maximum absolute atomic E-state index is 12.2. The summed E-state index contributed by atoms with van der Waals surface area (Å²) in [6, 6.07) is 3.21. The van der Waals surface area contributed by atoms with Crippen molar-refractivity contribution in [2.24, 2.45) is 5.92 Å². The van der Waals surface area contributed by atoms with Gasteiger partial charge in [-0.05, 0) is 31.0 Å². The first-order valence-corrected chi connectivity index (χ1v) is 8.62. The van der Waals surface area contributed by atoms with E-state index in [1.165, 1.54) is 25.1 Å². The molecule has 5 nitrogen and oxygen atoms in total. The van der Waals surface area contributed by atoms with Gasteiger partial charge in [0.05, 0.1) is 11.1 Å². The molecular weight excluding hydrogens is 335 g/mol. The number of nitrogens with one attached hydrogen (secondary N) is 2. The predicted molar refractivity (Wildman–Crippen MR) is 84.1 cm³/mol. The Morgan fingerprint density at radius 1 is 1.24 bits per heavy atom. The second-order valence-electron chi connectivity index (χ2n) is 5.06. The average molecular weight is 353 g/mol. The van der Waals surface area contributed by atoms with Crippen molar-refractivity contribution in [1.29, 1.82) is 0 Å². The Morgan fingerprint density at radius 3 is 2.43 bits per heavy atom. The number of halogens is 2. The highest BCUT2D eigenvalue weighted by atomic mass is 35.5. The molecule has 0 spiro atoms. The van der Waals surface area contributed by atoms with Crippen LogP contribution in [0.15, 0.2) is 23.1 Å². The van der Waals surface area contributed by atoms with Crippen molar-refractivity contribution in [2.45, 2.75) is 31.7 Å². The molecule has 21 heavy (non-hydrogen) atoms. The van der Waals surface area contributed by atoms with Crippen LogP contribution in [0.5, 0.6) is 0 Å². The van der Waals surface area contributed by atoms with E-state index < -0.39 is 22.0 Å². The number of rotatable bonds is 6. The van der Waals surface area contributed by atoms with E-state index in [1.54, 1.807) is 0 Å². The lowest BCUT2D eigenvalue weighted by Crippen LogP contribution is -2.45. The van der Waals surface area contributed by atoms with E-state index in [9.17, 15) is 13.2 Å². The fraction of sp³-hybridized carbons (Fsp3) is 0.462. The number of amides is 1. The summed E-state index contributed by atoms with van der Waals surface area (Å²) in [7, 11) is -3.92. The second kappa shape index (κ2) is 7.45. The van der Waals surface area contributed by atoms with E-state index in [-0.39, 0.29) is 20.9 Å². The van der Waals surface area contributed by atoms with Crippen LogP contribution in [0.25, 0.3) is 0 Å². The Kier molecular flexibility index (Phi) is 6.46. The van der Waals surface area contributed by atoms with Crippen LogP contribution in [0.3, 0.4) is 0 Å². The van der Waals surface area contributed by atoms with E-state index in [4.69, 9.17) is 23.2 Å². The van der Waals surface area contributed by atoms with Gasteiger partial charge in [0.25, 0.3) is 0 Å². The smallest absolute Gasteiger partial charge is 0.242 e. The maximum atomic E-state index is 12.2. The molecule has 8 heteroatoms. The number of benzene rings is 1. The van der Waals surface area contributed by atoms with Gasteiger partial charge in [-0.1, -0.05) is 37.0 Å². The summed E-state index contributed by atoms with van der Waals surface area (Å²) in [6.07, 6.45) is 0. The lowest BCUT2D eigenvalue weighted by molar-refractivity contribution is -0.122.